The molecule has 114 valence electrons. The molecular formula is C15H21N3O2S. The second-order valence-corrected chi connectivity index (χ2v) is 5.92. The molecule has 0 radical (unpaired) electrons. The lowest BCUT2D eigenvalue weighted by Gasteiger charge is -2.09. The largest absolute Gasteiger partial charge is 0.490 e. The molecule has 5 nitrogen and oxygen atoms in total. The molecule has 1 aromatic carbocycles. The highest BCUT2D eigenvalue weighted by atomic mass is 32.1. The SMILES string of the molecule is CCCOc1ccccc1Oc1nnc(CNC(C)C)s1. The van der Waals surface area contributed by atoms with Gasteiger partial charge in [-0.15, -0.1) is 5.10 Å². The summed E-state index contributed by atoms with van der Waals surface area (Å²) in [4.78, 5) is 0. The van der Waals surface area contributed by atoms with Crippen LogP contribution in [0, 0.1) is 0 Å². The number of nitrogens with zero attached hydrogens (tertiary/aromatic N) is 2. The minimum atomic E-state index is 0.418. The molecule has 2 rings (SSSR count). The van der Waals surface area contributed by atoms with Crippen LogP contribution in [0.2, 0.25) is 0 Å². The van der Waals surface area contributed by atoms with Gasteiger partial charge in [0.05, 0.1) is 13.2 Å². The Morgan fingerprint density at radius 1 is 1.19 bits per heavy atom. The maximum atomic E-state index is 5.79. The van der Waals surface area contributed by atoms with E-state index in [9.17, 15) is 0 Å². The second-order valence-electron chi connectivity index (χ2n) is 4.89. The van der Waals surface area contributed by atoms with E-state index in [4.69, 9.17) is 9.47 Å². The molecule has 2 aromatic rings. The zero-order valence-corrected chi connectivity index (χ0v) is 13.4. The average Bonchev–Trinajstić information content (AvgIpc) is 2.92. The Labute approximate surface area is 129 Å². The number of hydrogen-bond acceptors (Lipinski definition) is 6. The summed E-state index contributed by atoms with van der Waals surface area (Å²) in [5, 5.41) is 12.9. The first-order valence-corrected chi connectivity index (χ1v) is 7.96. The van der Waals surface area contributed by atoms with E-state index in [0.29, 0.717) is 30.1 Å². The van der Waals surface area contributed by atoms with Gasteiger partial charge >= 0.3 is 0 Å². The zero-order valence-electron chi connectivity index (χ0n) is 12.6. The maximum absolute atomic E-state index is 5.79. The smallest absolute Gasteiger partial charge is 0.299 e. The van der Waals surface area contributed by atoms with Gasteiger partial charge in [-0.25, -0.2) is 0 Å². The summed E-state index contributed by atoms with van der Waals surface area (Å²) in [6, 6.07) is 8.03. The Kier molecular flexibility index (Phi) is 5.95. The first kappa shape index (κ1) is 15.7. The van der Waals surface area contributed by atoms with Crippen LogP contribution in [0.25, 0.3) is 0 Å². The minimum absolute atomic E-state index is 0.418. The Balaban J connectivity index is 2.01. The molecule has 21 heavy (non-hydrogen) atoms. The maximum Gasteiger partial charge on any atom is 0.299 e. The van der Waals surface area contributed by atoms with Crippen molar-refractivity contribution in [3.8, 4) is 16.7 Å². The van der Waals surface area contributed by atoms with Crippen LogP contribution < -0.4 is 14.8 Å². The summed E-state index contributed by atoms with van der Waals surface area (Å²) in [7, 11) is 0. The first-order valence-electron chi connectivity index (χ1n) is 7.14. The normalized spacial score (nSPS) is 10.9. The molecule has 0 unspecified atom stereocenters. The topological polar surface area (TPSA) is 56.3 Å². The van der Waals surface area contributed by atoms with E-state index in [1.165, 1.54) is 11.3 Å². The third-order valence-electron chi connectivity index (χ3n) is 2.62. The number of aromatic nitrogens is 2. The van der Waals surface area contributed by atoms with Gasteiger partial charge in [0.1, 0.15) is 5.01 Å². The molecule has 6 heteroatoms. The summed E-state index contributed by atoms with van der Waals surface area (Å²) in [6.07, 6.45) is 0.957. The lowest BCUT2D eigenvalue weighted by atomic mass is 10.3. The summed E-state index contributed by atoms with van der Waals surface area (Å²) in [5.41, 5.74) is 0. The molecule has 0 saturated heterocycles. The fourth-order valence-electron chi connectivity index (χ4n) is 1.60. The Morgan fingerprint density at radius 2 is 1.95 bits per heavy atom. The number of rotatable bonds is 8. The molecule has 0 aliphatic heterocycles. The van der Waals surface area contributed by atoms with Gasteiger partial charge in [0.2, 0.25) is 0 Å². The molecule has 0 aliphatic carbocycles. The summed E-state index contributed by atoms with van der Waals surface area (Å²) < 4.78 is 11.4. The van der Waals surface area contributed by atoms with E-state index in [1.807, 2.05) is 24.3 Å². The van der Waals surface area contributed by atoms with E-state index < -0.39 is 0 Å². The lowest BCUT2D eigenvalue weighted by Crippen LogP contribution is -2.21. The van der Waals surface area contributed by atoms with Gasteiger partial charge in [-0.3, -0.25) is 0 Å². The number of hydrogen-bond donors (Lipinski definition) is 1. The zero-order chi connectivity index (χ0) is 15.1. The van der Waals surface area contributed by atoms with Gasteiger partial charge < -0.3 is 14.8 Å². The highest BCUT2D eigenvalue weighted by Gasteiger charge is 2.10. The Morgan fingerprint density at radius 3 is 2.67 bits per heavy atom. The molecule has 1 aromatic heterocycles. The Hall–Kier alpha value is -1.66. The van der Waals surface area contributed by atoms with E-state index in [-0.39, 0.29) is 0 Å². The highest BCUT2D eigenvalue weighted by molar-refractivity contribution is 7.13. The predicted molar refractivity (Wildman–Crippen MR) is 84.2 cm³/mol. The molecule has 1 N–H and O–H groups in total. The van der Waals surface area contributed by atoms with Crippen LogP contribution in [-0.4, -0.2) is 22.8 Å². The molecule has 0 saturated carbocycles. The van der Waals surface area contributed by atoms with Crippen LogP contribution in [-0.2, 0) is 6.54 Å². The molecule has 0 bridgehead atoms. The van der Waals surface area contributed by atoms with E-state index in [0.717, 1.165) is 17.2 Å². The van der Waals surface area contributed by atoms with Crippen molar-refractivity contribution in [2.75, 3.05) is 6.61 Å². The standard InChI is InChI=1S/C15H21N3O2S/c1-4-9-19-12-7-5-6-8-13(12)20-15-18-17-14(21-15)10-16-11(2)3/h5-8,11,16H,4,9-10H2,1-3H3. The molecule has 0 fully saturated rings. The summed E-state index contributed by atoms with van der Waals surface area (Å²) in [5.74, 6) is 1.40. The van der Waals surface area contributed by atoms with Crippen molar-refractivity contribution in [3.63, 3.8) is 0 Å². The second kappa shape index (κ2) is 7.95. The molecular weight excluding hydrogens is 286 g/mol. The fourth-order valence-corrected chi connectivity index (χ4v) is 2.25. The van der Waals surface area contributed by atoms with Gasteiger partial charge in [0.25, 0.3) is 5.19 Å². The average molecular weight is 307 g/mol. The summed E-state index contributed by atoms with van der Waals surface area (Å²) >= 11 is 1.44. The van der Waals surface area contributed by atoms with Crippen molar-refractivity contribution >= 4 is 11.3 Å². The van der Waals surface area contributed by atoms with Crippen LogP contribution in [0.4, 0.5) is 0 Å². The minimum Gasteiger partial charge on any atom is -0.490 e. The number of nitrogens with one attached hydrogen (secondary N) is 1. The van der Waals surface area contributed by atoms with E-state index in [1.54, 1.807) is 0 Å². The predicted octanol–water partition coefficient (Wildman–Crippen LogP) is 3.62. The lowest BCUT2D eigenvalue weighted by molar-refractivity contribution is 0.301. The van der Waals surface area contributed by atoms with Crippen molar-refractivity contribution in [2.45, 2.75) is 39.8 Å². The highest BCUT2D eigenvalue weighted by Crippen LogP contribution is 2.32. The molecule has 0 spiro atoms. The monoisotopic (exact) mass is 307 g/mol. The van der Waals surface area contributed by atoms with Gasteiger partial charge in [-0.2, -0.15) is 0 Å². The van der Waals surface area contributed by atoms with Crippen molar-refractivity contribution in [1.82, 2.24) is 15.5 Å². The molecule has 0 atom stereocenters. The third kappa shape index (κ3) is 4.99. The Bertz CT molecular complexity index is 557. The fraction of sp³-hybridized carbons (Fsp3) is 0.467. The molecule has 0 amide bonds. The van der Waals surface area contributed by atoms with Crippen LogP contribution in [0.1, 0.15) is 32.2 Å². The number of ether oxygens (including phenoxy) is 2. The van der Waals surface area contributed by atoms with Crippen LogP contribution in [0.5, 0.6) is 16.7 Å². The number of benzene rings is 1. The van der Waals surface area contributed by atoms with Crippen molar-refractivity contribution in [1.29, 1.82) is 0 Å². The van der Waals surface area contributed by atoms with Gasteiger partial charge in [0, 0.05) is 6.04 Å². The van der Waals surface area contributed by atoms with Gasteiger partial charge in [0.15, 0.2) is 11.5 Å². The number of para-hydroxylation sites is 2. The van der Waals surface area contributed by atoms with Crippen LogP contribution in [0.3, 0.4) is 0 Å². The first-order chi connectivity index (χ1) is 10.2. The van der Waals surface area contributed by atoms with Crippen LogP contribution >= 0.6 is 11.3 Å². The van der Waals surface area contributed by atoms with Crippen molar-refractivity contribution in [2.24, 2.45) is 0 Å². The molecule has 0 aliphatic rings. The molecule has 1 heterocycles. The van der Waals surface area contributed by atoms with Gasteiger partial charge in [-0.05, 0) is 18.6 Å². The quantitative estimate of drug-likeness (QED) is 0.807. The van der Waals surface area contributed by atoms with Gasteiger partial charge in [-0.1, -0.05) is 49.3 Å². The van der Waals surface area contributed by atoms with Crippen molar-refractivity contribution in [3.05, 3.63) is 29.3 Å². The summed E-state index contributed by atoms with van der Waals surface area (Å²) in [6.45, 7) is 7.63. The van der Waals surface area contributed by atoms with Crippen molar-refractivity contribution < 1.29 is 9.47 Å². The van der Waals surface area contributed by atoms with E-state index >= 15 is 0 Å². The van der Waals surface area contributed by atoms with E-state index in [2.05, 4.69) is 36.3 Å². The third-order valence-corrected chi connectivity index (χ3v) is 3.42. The van der Waals surface area contributed by atoms with Crippen LogP contribution in [0.15, 0.2) is 24.3 Å².